The number of carbonyl (C=O) groups is 3. The predicted octanol–water partition coefficient (Wildman–Crippen LogP) is 3.74. The smallest absolute Gasteiger partial charge is 0.331 e. The van der Waals surface area contributed by atoms with Gasteiger partial charge in [0.05, 0.1) is 5.25 Å². The number of thioether (sulfide) groups is 2. The van der Waals surface area contributed by atoms with Crippen LogP contribution in [0.25, 0.3) is 0 Å². The van der Waals surface area contributed by atoms with Crippen LogP contribution in [0, 0.1) is 0 Å². The van der Waals surface area contributed by atoms with Crippen LogP contribution >= 0.6 is 34.9 Å². The van der Waals surface area contributed by atoms with Crippen molar-refractivity contribution in [3.05, 3.63) is 35.9 Å². The van der Waals surface area contributed by atoms with Gasteiger partial charge >= 0.3 is 5.97 Å². The third kappa shape index (κ3) is 7.52. The number of nitrogens with one attached hydrogen (secondary N) is 2. The minimum absolute atomic E-state index is 0.0506. The van der Waals surface area contributed by atoms with Gasteiger partial charge in [-0.3, -0.25) is 14.9 Å². The molecule has 11 heteroatoms. The van der Waals surface area contributed by atoms with Crippen molar-refractivity contribution in [2.24, 2.45) is 0 Å². The molecule has 1 heterocycles. The predicted molar refractivity (Wildman–Crippen MR) is 117 cm³/mol. The van der Waals surface area contributed by atoms with Crippen LogP contribution < -0.4 is 10.6 Å². The Kier molecular flexibility index (Phi) is 8.68. The Morgan fingerprint density at radius 3 is 2.52 bits per heavy atom. The van der Waals surface area contributed by atoms with E-state index in [1.807, 2.05) is 6.92 Å². The molecule has 0 aliphatic heterocycles. The normalized spacial score (nSPS) is 12.3. The molecule has 29 heavy (non-hydrogen) atoms. The van der Waals surface area contributed by atoms with Crippen molar-refractivity contribution >= 4 is 63.5 Å². The fraction of sp³-hybridized carbons (Fsp3) is 0.278. The minimum atomic E-state index is -1.15. The van der Waals surface area contributed by atoms with Crippen LogP contribution in [0.4, 0.5) is 10.8 Å². The van der Waals surface area contributed by atoms with Gasteiger partial charge in [-0.1, -0.05) is 30.0 Å². The number of carboxylic acid groups (broad SMARTS) is 1. The molecule has 0 unspecified atom stereocenters. The number of anilines is 2. The molecule has 8 nitrogen and oxygen atoms in total. The highest BCUT2D eigenvalue weighted by atomic mass is 32.2. The maximum absolute atomic E-state index is 12.3. The lowest BCUT2D eigenvalue weighted by molar-refractivity contribution is -0.132. The van der Waals surface area contributed by atoms with Gasteiger partial charge < -0.3 is 10.4 Å². The Balaban J connectivity index is 1.89. The van der Waals surface area contributed by atoms with Gasteiger partial charge in [0.25, 0.3) is 0 Å². The third-order valence-corrected chi connectivity index (χ3v) is 6.36. The van der Waals surface area contributed by atoms with Crippen molar-refractivity contribution in [1.29, 1.82) is 0 Å². The fourth-order valence-corrected chi connectivity index (χ4v) is 4.48. The van der Waals surface area contributed by atoms with Crippen molar-refractivity contribution in [2.45, 2.75) is 35.3 Å². The van der Waals surface area contributed by atoms with Crippen LogP contribution in [0.1, 0.15) is 20.8 Å². The number of carboxylic acids is 1. The van der Waals surface area contributed by atoms with Gasteiger partial charge in [0.1, 0.15) is 0 Å². The summed E-state index contributed by atoms with van der Waals surface area (Å²) in [4.78, 5) is 35.7. The molecular formula is C18H20N4O4S3. The molecule has 1 aromatic carbocycles. The largest absolute Gasteiger partial charge is 0.478 e. The van der Waals surface area contributed by atoms with E-state index in [4.69, 9.17) is 5.11 Å². The zero-order valence-corrected chi connectivity index (χ0v) is 18.4. The molecule has 0 bridgehead atoms. The summed E-state index contributed by atoms with van der Waals surface area (Å²) in [5.41, 5.74) is 0.478. The van der Waals surface area contributed by atoms with Crippen molar-refractivity contribution < 1.29 is 19.5 Å². The molecule has 0 spiro atoms. The van der Waals surface area contributed by atoms with Gasteiger partial charge in [-0.05, 0) is 43.9 Å². The first kappa shape index (κ1) is 22.9. The fourth-order valence-electron chi connectivity index (χ4n) is 1.96. The van der Waals surface area contributed by atoms with Crippen molar-refractivity contribution in [2.75, 3.05) is 16.4 Å². The van der Waals surface area contributed by atoms with E-state index in [2.05, 4.69) is 20.8 Å². The number of aliphatic carboxylic acids is 1. The summed E-state index contributed by atoms with van der Waals surface area (Å²) in [6, 6.07) is 6.93. The zero-order valence-electron chi connectivity index (χ0n) is 16.0. The lowest BCUT2D eigenvalue weighted by atomic mass is 10.2. The van der Waals surface area contributed by atoms with Crippen molar-refractivity contribution in [3.63, 3.8) is 0 Å². The van der Waals surface area contributed by atoms with E-state index in [-0.39, 0.29) is 16.7 Å². The monoisotopic (exact) mass is 452 g/mol. The second-order valence-corrected chi connectivity index (χ2v) is 9.60. The summed E-state index contributed by atoms with van der Waals surface area (Å²) in [6.45, 7) is 5.16. The van der Waals surface area contributed by atoms with Crippen LogP contribution in [0.3, 0.4) is 0 Å². The number of amides is 2. The van der Waals surface area contributed by atoms with E-state index in [1.165, 1.54) is 30.0 Å². The summed E-state index contributed by atoms with van der Waals surface area (Å²) < 4.78 is 0.814. The van der Waals surface area contributed by atoms with Crippen molar-refractivity contribution in [3.8, 4) is 0 Å². The van der Waals surface area contributed by atoms with Gasteiger partial charge in [-0.2, -0.15) is 0 Å². The highest BCUT2D eigenvalue weighted by Crippen LogP contribution is 2.28. The van der Waals surface area contributed by atoms with E-state index in [9.17, 15) is 14.4 Å². The van der Waals surface area contributed by atoms with Gasteiger partial charge in [-0.15, -0.1) is 22.0 Å². The lowest BCUT2D eigenvalue weighted by Crippen LogP contribution is -2.22. The van der Waals surface area contributed by atoms with Crippen LogP contribution in [0.5, 0.6) is 0 Å². The molecule has 2 aromatic rings. The molecule has 3 N–H and O–H groups in total. The summed E-state index contributed by atoms with van der Waals surface area (Å²) in [5, 5.41) is 22.2. The molecule has 0 fully saturated rings. The summed E-state index contributed by atoms with van der Waals surface area (Å²) in [5.74, 6) is -0.949. The summed E-state index contributed by atoms with van der Waals surface area (Å²) in [7, 11) is 0. The van der Waals surface area contributed by atoms with Crippen LogP contribution in [-0.2, 0) is 14.4 Å². The van der Waals surface area contributed by atoms with Gasteiger partial charge in [-0.25, -0.2) is 4.79 Å². The van der Waals surface area contributed by atoms with Gasteiger partial charge in [0.2, 0.25) is 16.9 Å². The Hall–Kier alpha value is -2.37. The number of rotatable bonds is 9. The van der Waals surface area contributed by atoms with E-state index >= 15 is 0 Å². The number of aromatic nitrogens is 2. The van der Waals surface area contributed by atoms with Gasteiger partial charge in [0.15, 0.2) is 4.34 Å². The number of benzene rings is 1. The lowest BCUT2D eigenvalue weighted by Gasteiger charge is -2.11. The van der Waals surface area contributed by atoms with E-state index in [0.717, 1.165) is 21.1 Å². The molecular weight excluding hydrogens is 432 g/mol. The number of hydrogen-bond acceptors (Lipinski definition) is 8. The summed E-state index contributed by atoms with van der Waals surface area (Å²) in [6.07, 6.45) is 1.02. The van der Waals surface area contributed by atoms with E-state index < -0.39 is 11.9 Å². The number of nitrogens with zero attached hydrogens (tertiary/aromatic N) is 2. The van der Waals surface area contributed by atoms with E-state index in [0.29, 0.717) is 10.8 Å². The highest BCUT2D eigenvalue weighted by Gasteiger charge is 2.17. The summed E-state index contributed by atoms with van der Waals surface area (Å²) >= 11 is 4.28. The first-order valence-electron chi connectivity index (χ1n) is 8.55. The third-order valence-electron chi connectivity index (χ3n) is 3.39. The average molecular weight is 453 g/mol. The Labute approximate surface area is 180 Å². The quantitative estimate of drug-likeness (QED) is 0.299. The van der Waals surface area contributed by atoms with Crippen LogP contribution in [-0.4, -0.2) is 44.1 Å². The molecule has 2 amide bonds. The standard InChI is InChI=1S/C18H20N4O4S3/c1-4-27-18-22-21-17(29-18)20-15(24)11(3)28-13-7-5-12(6-8-13)19-14(23)9-10(2)16(25)26/h5-9,11H,4H2,1-3H3,(H,19,23)(H,25,26)(H,20,21,24)/b10-9-/t11-/m0/s1. The molecule has 0 saturated carbocycles. The topological polar surface area (TPSA) is 121 Å². The first-order valence-corrected chi connectivity index (χ1v) is 11.2. The molecule has 0 radical (unpaired) electrons. The molecule has 154 valence electrons. The second kappa shape index (κ2) is 11.0. The maximum atomic E-state index is 12.3. The van der Waals surface area contributed by atoms with Gasteiger partial charge in [0, 0.05) is 22.2 Å². The Bertz CT molecular complexity index is 912. The molecule has 2 rings (SSSR count). The maximum Gasteiger partial charge on any atom is 0.331 e. The molecule has 1 aromatic heterocycles. The number of carbonyl (C=O) groups excluding carboxylic acids is 2. The molecule has 0 saturated heterocycles. The second-order valence-electron chi connectivity index (χ2n) is 5.70. The van der Waals surface area contributed by atoms with Crippen molar-refractivity contribution in [1.82, 2.24) is 10.2 Å². The average Bonchev–Trinajstić information content (AvgIpc) is 3.10. The highest BCUT2D eigenvalue weighted by molar-refractivity contribution is 8.01. The van der Waals surface area contributed by atoms with Crippen LogP contribution in [0.2, 0.25) is 0 Å². The van der Waals surface area contributed by atoms with Crippen LogP contribution in [0.15, 0.2) is 45.1 Å². The minimum Gasteiger partial charge on any atom is -0.478 e. The molecule has 0 aliphatic carbocycles. The number of hydrogen-bond donors (Lipinski definition) is 3. The SMILES string of the molecule is CCSc1nnc(NC(=O)[C@H](C)Sc2ccc(NC(=O)/C=C(/C)C(=O)O)cc2)s1. The van der Waals surface area contributed by atoms with E-state index in [1.54, 1.807) is 43.0 Å². The Morgan fingerprint density at radius 2 is 1.90 bits per heavy atom. The Morgan fingerprint density at radius 1 is 1.21 bits per heavy atom. The first-order chi connectivity index (χ1) is 13.8. The molecule has 0 aliphatic rings. The zero-order chi connectivity index (χ0) is 21.4. The molecule has 1 atom stereocenters.